The van der Waals surface area contributed by atoms with Gasteiger partial charge in [0.2, 0.25) is 0 Å². The zero-order valence-electron chi connectivity index (χ0n) is 27.4. The van der Waals surface area contributed by atoms with Crippen LogP contribution in [0, 0.1) is 5.82 Å². The first-order chi connectivity index (χ1) is 21.9. The second-order valence-electron chi connectivity index (χ2n) is 11.8. The first-order valence-corrected chi connectivity index (χ1v) is 17.8. The fraction of sp³-hybridized carbons (Fsp3) is 0.526. The lowest BCUT2D eigenvalue weighted by molar-refractivity contribution is 0.0319. The van der Waals surface area contributed by atoms with Gasteiger partial charge in [0.25, 0.3) is 0 Å². The summed E-state index contributed by atoms with van der Waals surface area (Å²) < 4.78 is 32.1. The first-order valence-electron chi connectivity index (χ1n) is 17.0. The molecule has 0 aliphatic rings. The van der Waals surface area contributed by atoms with E-state index in [1.807, 2.05) is 19.1 Å². The monoisotopic (exact) mass is 638 g/mol. The number of thiophene rings is 1. The molecule has 45 heavy (non-hydrogen) atoms. The molecule has 7 heteroatoms. The summed E-state index contributed by atoms with van der Waals surface area (Å²) in [6.45, 7) is 6.97. The third-order valence-corrected chi connectivity index (χ3v) is 8.86. The quantitative estimate of drug-likeness (QED) is 0.0622. The molecular formula is C38H51FO5S. The number of carbonyl (C=O) groups is 2. The number of hydrogen-bond donors (Lipinski definition) is 0. The van der Waals surface area contributed by atoms with Crippen molar-refractivity contribution in [3.63, 3.8) is 0 Å². The largest absolute Gasteiger partial charge is 0.494 e. The summed E-state index contributed by atoms with van der Waals surface area (Å²) in [5, 5.41) is 1.62. The van der Waals surface area contributed by atoms with Gasteiger partial charge in [0, 0.05) is 10.9 Å². The smallest absolute Gasteiger partial charge is 0.356 e. The van der Waals surface area contributed by atoms with E-state index in [1.165, 1.54) is 76.3 Å². The summed E-state index contributed by atoms with van der Waals surface area (Å²) in [7, 11) is 0. The van der Waals surface area contributed by atoms with Crippen molar-refractivity contribution in [2.75, 3.05) is 6.61 Å². The number of esters is 2. The maximum atomic E-state index is 15.3. The van der Waals surface area contributed by atoms with Gasteiger partial charge in [-0.1, -0.05) is 103 Å². The molecule has 0 saturated heterocycles. The van der Waals surface area contributed by atoms with Crippen LogP contribution in [0.2, 0.25) is 0 Å². The average molecular weight is 639 g/mol. The lowest BCUT2D eigenvalue weighted by Gasteiger charge is -2.13. The number of halogens is 1. The lowest BCUT2D eigenvalue weighted by atomic mass is 10.1. The Morgan fingerprint density at radius 2 is 1.27 bits per heavy atom. The van der Waals surface area contributed by atoms with E-state index in [-0.39, 0.29) is 16.7 Å². The van der Waals surface area contributed by atoms with Crippen LogP contribution in [-0.4, -0.2) is 24.6 Å². The Hall–Kier alpha value is -3.19. The number of unbranched alkanes of at least 4 members (excludes halogenated alkanes) is 12. The van der Waals surface area contributed by atoms with Crippen molar-refractivity contribution in [3.05, 3.63) is 70.2 Å². The van der Waals surface area contributed by atoms with Crippen LogP contribution in [0.3, 0.4) is 0 Å². The molecule has 3 aromatic rings. The highest BCUT2D eigenvalue weighted by atomic mass is 32.1. The molecule has 246 valence electrons. The molecule has 0 radical (unpaired) electrons. The van der Waals surface area contributed by atoms with Crippen molar-refractivity contribution in [1.29, 1.82) is 0 Å². The second kappa shape index (κ2) is 20.8. The Labute approximate surface area is 273 Å². The van der Waals surface area contributed by atoms with E-state index in [0.717, 1.165) is 49.2 Å². The molecule has 2 aromatic carbocycles. The number of rotatable bonds is 22. The number of hydrogen-bond acceptors (Lipinski definition) is 6. The number of carbonyl (C=O) groups excluding carboxylic acids is 2. The predicted octanol–water partition coefficient (Wildman–Crippen LogP) is 11.6. The van der Waals surface area contributed by atoms with Crippen LogP contribution in [0.5, 0.6) is 11.5 Å². The Kier molecular flexibility index (Phi) is 16.7. The summed E-state index contributed by atoms with van der Waals surface area (Å²) in [6.07, 6.45) is 17.9. The Morgan fingerprint density at radius 1 is 0.711 bits per heavy atom. The third kappa shape index (κ3) is 13.0. The molecular weight excluding hydrogens is 587 g/mol. The van der Waals surface area contributed by atoms with Crippen LogP contribution in [0.1, 0.15) is 137 Å². The SMILES string of the molecule is CCCCCCCCCCCCOc1ccc(-c2csc(C(=O)Oc3ccc(C(=O)O[C@@H](C)CCCCCC)cc3)c2F)cc1. The van der Waals surface area contributed by atoms with Gasteiger partial charge in [0.1, 0.15) is 16.4 Å². The first kappa shape index (κ1) is 36.3. The molecule has 3 rings (SSSR count). The van der Waals surface area contributed by atoms with Crippen molar-refractivity contribution in [1.82, 2.24) is 0 Å². The molecule has 0 N–H and O–H groups in total. The van der Waals surface area contributed by atoms with E-state index >= 15 is 4.39 Å². The zero-order valence-corrected chi connectivity index (χ0v) is 28.2. The van der Waals surface area contributed by atoms with Gasteiger partial charge in [0.15, 0.2) is 5.82 Å². The van der Waals surface area contributed by atoms with Gasteiger partial charge < -0.3 is 14.2 Å². The molecule has 0 aliphatic carbocycles. The van der Waals surface area contributed by atoms with Crippen molar-refractivity contribution in [3.8, 4) is 22.6 Å². The van der Waals surface area contributed by atoms with Crippen LogP contribution >= 0.6 is 11.3 Å². The normalized spacial score (nSPS) is 11.7. The molecule has 0 bridgehead atoms. The van der Waals surface area contributed by atoms with E-state index in [2.05, 4.69) is 13.8 Å². The average Bonchev–Trinajstić information content (AvgIpc) is 3.43. The predicted molar refractivity (Wildman–Crippen MR) is 182 cm³/mol. The molecule has 0 saturated carbocycles. The maximum Gasteiger partial charge on any atom is 0.356 e. The van der Waals surface area contributed by atoms with Gasteiger partial charge in [0.05, 0.1) is 18.3 Å². The van der Waals surface area contributed by atoms with E-state index in [0.29, 0.717) is 23.3 Å². The van der Waals surface area contributed by atoms with E-state index in [1.54, 1.807) is 29.6 Å². The molecule has 0 amide bonds. The molecule has 0 aliphatic heterocycles. The fourth-order valence-electron chi connectivity index (χ4n) is 5.17. The molecule has 1 heterocycles. The minimum atomic E-state index is -0.781. The van der Waals surface area contributed by atoms with Gasteiger partial charge in [-0.15, -0.1) is 11.3 Å². The van der Waals surface area contributed by atoms with Crippen LogP contribution < -0.4 is 9.47 Å². The van der Waals surface area contributed by atoms with Gasteiger partial charge in [-0.25, -0.2) is 14.0 Å². The minimum absolute atomic E-state index is 0.105. The van der Waals surface area contributed by atoms with Gasteiger partial charge in [-0.3, -0.25) is 0 Å². The Bertz CT molecular complexity index is 1270. The van der Waals surface area contributed by atoms with Crippen LogP contribution in [0.4, 0.5) is 4.39 Å². The van der Waals surface area contributed by atoms with Crippen molar-refractivity contribution < 1.29 is 28.2 Å². The molecule has 1 aromatic heterocycles. The molecule has 0 unspecified atom stereocenters. The summed E-state index contributed by atoms with van der Waals surface area (Å²) in [4.78, 5) is 25.1. The Balaban J connectivity index is 1.41. The highest BCUT2D eigenvalue weighted by Crippen LogP contribution is 2.32. The topological polar surface area (TPSA) is 61.8 Å². The van der Waals surface area contributed by atoms with Crippen molar-refractivity contribution in [2.24, 2.45) is 0 Å². The molecule has 1 atom stereocenters. The summed E-state index contributed by atoms with van der Waals surface area (Å²) in [5.74, 6) is -0.838. The van der Waals surface area contributed by atoms with Gasteiger partial charge >= 0.3 is 11.9 Å². The van der Waals surface area contributed by atoms with Crippen molar-refractivity contribution >= 4 is 23.3 Å². The highest BCUT2D eigenvalue weighted by molar-refractivity contribution is 7.12. The van der Waals surface area contributed by atoms with Crippen molar-refractivity contribution in [2.45, 2.75) is 123 Å². The summed E-state index contributed by atoms with van der Waals surface area (Å²) in [5.41, 5.74) is 1.38. The van der Waals surface area contributed by atoms with E-state index in [9.17, 15) is 9.59 Å². The fourth-order valence-corrected chi connectivity index (χ4v) is 5.99. The third-order valence-electron chi connectivity index (χ3n) is 7.92. The van der Waals surface area contributed by atoms with E-state index < -0.39 is 17.8 Å². The van der Waals surface area contributed by atoms with Gasteiger partial charge in [-0.2, -0.15) is 0 Å². The second-order valence-corrected chi connectivity index (χ2v) is 12.7. The highest BCUT2D eigenvalue weighted by Gasteiger charge is 2.21. The summed E-state index contributed by atoms with van der Waals surface area (Å²) in [6, 6.07) is 13.4. The maximum absolute atomic E-state index is 15.3. The minimum Gasteiger partial charge on any atom is -0.494 e. The molecule has 0 fully saturated rings. The molecule has 0 spiro atoms. The standard InChI is InChI=1S/C38H51FO5S/c1-4-6-8-10-11-12-13-14-15-17-27-42-32-23-19-30(20-24-32)34-28-45-36(35(34)39)38(41)44-33-25-21-31(22-26-33)37(40)43-29(3)18-16-9-7-5-2/h19-26,28-29H,4-18,27H2,1-3H3/t29-/m0/s1. The number of benzene rings is 2. The van der Waals surface area contributed by atoms with Crippen LogP contribution in [-0.2, 0) is 4.74 Å². The van der Waals surface area contributed by atoms with Crippen LogP contribution in [0.25, 0.3) is 11.1 Å². The van der Waals surface area contributed by atoms with Crippen LogP contribution in [0.15, 0.2) is 53.9 Å². The Morgan fingerprint density at radius 3 is 1.89 bits per heavy atom. The molecule has 5 nitrogen and oxygen atoms in total. The van der Waals surface area contributed by atoms with Gasteiger partial charge in [-0.05, 0) is 68.1 Å². The van der Waals surface area contributed by atoms with E-state index in [4.69, 9.17) is 14.2 Å². The summed E-state index contributed by atoms with van der Waals surface area (Å²) >= 11 is 1.00. The zero-order chi connectivity index (χ0) is 32.3. The lowest BCUT2D eigenvalue weighted by Crippen LogP contribution is -2.15. The number of ether oxygens (including phenoxy) is 3.